The summed E-state index contributed by atoms with van der Waals surface area (Å²) in [7, 11) is 1.72. The molecule has 8 nitrogen and oxygen atoms in total. The van der Waals surface area contributed by atoms with Crippen LogP contribution in [0.4, 0.5) is 5.69 Å². The van der Waals surface area contributed by atoms with Crippen LogP contribution < -0.4 is 15.2 Å². The van der Waals surface area contributed by atoms with E-state index >= 15 is 0 Å². The van der Waals surface area contributed by atoms with Crippen molar-refractivity contribution < 1.29 is 4.74 Å². The Hall–Kier alpha value is -3.99. The molecule has 154 valence electrons. The molecule has 4 aromatic rings. The summed E-state index contributed by atoms with van der Waals surface area (Å²) in [5.74, 6) is 0.600. The predicted molar refractivity (Wildman–Crippen MR) is 117 cm³/mol. The summed E-state index contributed by atoms with van der Waals surface area (Å²) in [6.45, 7) is 1.43. The topological polar surface area (TPSA) is 96.9 Å². The second kappa shape index (κ2) is 7.69. The first-order chi connectivity index (χ1) is 15.1. The second-order valence-electron chi connectivity index (χ2n) is 7.60. The molecule has 0 amide bonds. The highest BCUT2D eigenvalue weighted by atomic mass is 16.5. The van der Waals surface area contributed by atoms with E-state index in [2.05, 4.69) is 25.9 Å². The first-order valence-corrected chi connectivity index (χ1v) is 10.2. The summed E-state index contributed by atoms with van der Waals surface area (Å²) in [5, 5.41) is 10.2. The molecular weight excluding hydrogens is 392 g/mol. The van der Waals surface area contributed by atoms with Gasteiger partial charge >= 0.3 is 0 Å². The molecule has 0 spiro atoms. The monoisotopic (exact) mass is 412 g/mol. The van der Waals surface area contributed by atoms with Crippen LogP contribution in [-0.2, 0) is 7.05 Å². The third-order valence-corrected chi connectivity index (χ3v) is 5.75. The highest BCUT2D eigenvalue weighted by Gasteiger charge is 2.24. The molecule has 3 aromatic heterocycles. The molecule has 0 N–H and O–H groups in total. The van der Waals surface area contributed by atoms with Crippen LogP contribution in [-0.4, -0.2) is 38.7 Å². The molecule has 4 heterocycles. The van der Waals surface area contributed by atoms with Crippen molar-refractivity contribution in [3.05, 3.63) is 64.8 Å². The summed E-state index contributed by atoms with van der Waals surface area (Å²) in [6.07, 6.45) is 3.12. The molecule has 1 aromatic carbocycles. The van der Waals surface area contributed by atoms with Crippen molar-refractivity contribution in [3.8, 4) is 11.9 Å². The van der Waals surface area contributed by atoms with Gasteiger partial charge in [0.2, 0.25) is 5.88 Å². The van der Waals surface area contributed by atoms with Crippen molar-refractivity contribution in [1.29, 1.82) is 5.26 Å². The van der Waals surface area contributed by atoms with E-state index in [-0.39, 0.29) is 11.7 Å². The van der Waals surface area contributed by atoms with Crippen LogP contribution in [0.25, 0.3) is 21.9 Å². The van der Waals surface area contributed by atoms with Gasteiger partial charge in [-0.2, -0.15) is 5.26 Å². The maximum Gasteiger partial charge on any atom is 0.252 e. The number of hydrogen-bond acceptors (Lipinski definition) is 7. The van der Waals surface area contributed by atoms with Gasteiger partial charge < -0.3 is 14.2 Å². The molecule has 0 aliphatic carbocycles. The Bertz CT molecular complexity index is 1380. The Balaban J connectivity index is 1.39. The Morgan fingerprint density at radius 2 is 1.94 bits per heavy atom. The van der Waals surface area contributed by atoms with Gasteiger partial charge in [-0.25, -0.2) is 15.0 Å². The van der Waals surface area contributed by atoms with Gasteiger partial charge in [0.05, 0.1) is 22.1 Å². The van der Waals surface area contributed by atoms with Gasteiger partial charge in [-0.3, -0.25) is 4.79 Å². The molecule has 0 bridgehead atoms. The molecule has 5 rings (SSSR count). The lowest BCUT2D eigenvalue weighted by Gasteiger charge is -2.34. The lowest BCUT2D eigenvalue weighted by Crippen LogP contribution is -2.39. The number of fused-ring (bicyclic) bond motifs is 2. The molecule has 1 aliphatic heterocycles. The number of piperidine rings is 1. The van der Waals surface area contributed by atoms with Crippen LogP contribution in [0.2, 0.25) is 0 Å². The van der Waals surface area contributed by atoms with Gasteiger partial charge in [0.25, 0.3) is 5.56 Å². The quantitative estimate of drug-likeness (QED) is 0.510. The van der Waals surface area contributed by atoms with E-state index in [4.69, 9.17) is 4.74 Å². The minimum Gasteiger partial charge on any atom is -0.474 e. The smallest absolute Gasteiger partial charge is 0.252 e. The molecule has 0 atom stereocenters. The third kappa shape index (κ3) is 3.44. The van der Waals surface area contributed by atoms with Gasteiger partial charge in [-0.15, -0.1) is 0 Å². The van der Waals surface area contributed by atoms with E-state index in [0.29, 0.717) is 35.7 Å². The lowest BCUT2D eigenvalue weighted by molar-refractivity contribution is 0.166. The lowest BCUT2D eigenvalue weighted by atomic mass is 10.1. The Kier molecular flexibility index (Phi) is 4.71. The second-order valence-corrected chi connectivity index (χ2v) is 7.60. The zero-order valence-electron chi connectivity index (χ0n) is 17.0. The van der Waals surface area contributed by atoms with Crippen molar-refractivity contribution in [1.82, 2.24) is 19.5 Å². The van der Waals surface area contributed by atoms with Gasteiger partial charge in [0.15, 0.2) is 0 Å². The summed E-state index contributed by atoms with van der Waals surface area (Å²) in [6, 6.07) is 14.9. The fraction of sp³-hybridized carbons (Fsp3) is 0.261. The highest BCUT2D eigenvalue weighted by molar-refractivity contribution is 5.88. The molecule has 1 fully saturated rings. The first kappa shape index (κ1) is 19.0. The SMILES string of the molecule is Cn1c(=O)cc(N2CCC(Oc3ncnc4ccccc34)CC2)c2nc(C#N)ccc21. The summed E-state index contributed by atoms with van der Waals surface area (Å²) < 4.78 is 7.78. The fourth-order valence-electron chi connectivity index (χ4n) is 4.06. The summed E-state index contributed by atoms with van der Waals surface area (Å²) >= 11 is 0. The number of benzene rings is 1. The normalized spacial score (nSPS) is 14.6. The Morgan fingerprint density at radius 1 is 1.13 bits per heavy atom. The predicted octanol–water partition coefficient (Wildman–Crippen LogP) is 2.80. The zero-order valence-corrected chi connectivity index (χ0v) is 17.0. The molecule has 1 aliphatic rings. The van der Waals surface area contributed by atoms with Crippen molar-refractivity contribution in [2.75, 3.05) is 18.0 Å². The summed E-state index contributed by atoms with van der Waals surface area (Å²) in [4.78, 5) is 27.7. The van der Waals surface area contributed by atoms with Crippen LogP contribution in [0.15, 0.2) is 53.6 Å². The first-order valence-electron chi connectivity index (χ1n) is 10.2. The number of aryl methyl sites for hydroxylation is 1. The number of rotatable bonds is 3. The molecule has 0 unspecified atom stereocenters. The zero-order chi connectivity index (χ0) is 21.4. The minimum absolute atomic E-state index is 0.0231. The molecule has 0 radical (unpaired) electrons. The number of para-hydroxylation sites is 1. The van der Waals surface area contributed by atoms with Crippen LogP contribution in [0.5, 0.6) is 5.88 Å². The number of hydrogen-bond donors (Lipinski definition) is 0. The number of pyridine rings is 2. The Labute approximate surface area is 178 Å². The Morgan fingerprint density at radius 3 is 2.74 bits per heavy atom. The van der Waals surface area contributed by atoms with Crippen molar-refractivity contribution in [2.24, 2.45) is 7.05 Å². The average molecular weight is 412 g/mol. The number of aromatic nitrogens is 4. The third-order valence-electron chi connectivity index (χ3n) is 5.75. The van der Waals surface area contributed by atoms with Gasteiger partial charge in [0.1, 0.15) is 29.7 Å². The van der Waals surface area contributed by atoms with Gasteiger partial charge in [-0.05, 0) is 24.3 Å². The van der Waals surface area contributed by atoms with Gasteiger partial charge in [-0.1, -0.05) is 12.1 Å². The van der Waals surface area contributed by atoms with Crippen molar-refractivity contribution >= 4 is 27.6 Å². The van der Waals surface area contributed by atoms with Gasteiger partial charge in [0, 0.05) is 39.0 Å². The van der Waals surface area contributed by atoms with Crippen LogP contribution in [0.1, 0.15) is 18.5 Å². The van der Waals surface area contributed by atoms with Crippen LogP contribution in [0, 0.1) is 11.3 Å². The average Bonchev–Trinajstić information content (AvgIpc) is 2.82. The number of nitriles is 1. The van der Waals surface area contributed by atoms with Crippen LogP contribution in [0.3, 0.4) is 0 Å². The van der Waals surface area contributed by atoms with E-state index < -0.39 is 0 Å². The van der Waals surface area contributed by atoms with Crippen LogP contribution >= 0.6 is 0 Å². The van der Waals surface area contributed by atoms with E-state index in [9.17, 15) is 10.1 Å². The van der Waals surface area contributed by atoms with E-state index in [1.165, 1.54) is 6.33 Å². The van der Waals surface area contributed by atoms with Crippen molar-refractivity contribution in [3.63, 3.8) is 0 Å². The van der Waals surface area contributed by atoms with Crippen molar-refractivity contribution in [2.45, 2.75) is 18.9 Å². The molecule has 8 heteroatoms. The van der Waals surface area contributed by atoms with E-state index in [1.54, 1.807) is 29.8 Å². The number of ether oxygens (including phenoxy) is 1. The highest BCUT2D eigenvalue weighted by Crippen LogP contribution is 2.29. The minimum atomic E-state index is -0.0974. The van der Waals surface area contributed by atoms with E-state index in [0.717, 1.165) is 29.4 Å². The largest absolute Gasteiger partial charge is 0.474 e. The summed E-state index contributed by atoms with van der Waals surface area (Å²) in [5.41, 5.74) is 3.24. The molecule has 31 heavy (non-hydrogen) atoms. The standard InChI is InChI=1S/C23H20N6O2/c1-28-19-7-6-15(13-24)27-22(19)20(12-21(28)30)29-10-8-16(9-11-29)31-23-17-4-2-3-5-18(17)25-14-26-23/h2-7,12,14,16H,8-11H2,1H3. The maximum absolute atomic E-state index is 12.5. The molecule has 1 saturated heterocycles. The number of anilines is 1. The van der Waals surface area contributed by atoms with E-state index in [1.807, 2.05) is 24.3 Å². The fourth-order valence-corrected chi connectivity index (χ4v) is 4.06. The number of nitrogens with zero attached hydrogens (tertiary/aromatic N) is 6. The molecule has 0 saturated carbocycles. The molecular formula is C23H20N6O2. The maximum atomic E-state index is 12.5.